The van der Waals surface area contributed by atoms with Crippen LogP contribution in [0.15, 0.2) is 29.3 Å². The summed E-state index contributed by atoms with van der Waals surface area (Å²) in [6.45, 7) is 10.1. The molecule has 0 bridgehead atoms. The van der Waals surface area contributed by atoms with Gasteiger partial charge in [0, 0.05) is 45.0 Å². The average molecular weight is 487 g/mol. The Hall–Kier alpha value is -1.06. The molecule has 1 unspecified atom stereocenters. The summed E-state index contributed by atoms with van der Waals surface area (Å²) in [5, 5.41) is 3.22. The van der Waals surface area contributed by atoms with E-state index in [0.29, 0.717) is 12.5 Å². The van der Waals surface area contributed by atoms with Gasteiger partial charge in [-0.2, -0.15) is 0 Å². The van der Waals surface area contributed by atoms with Gasteiger partial charge in [0.1, 0.15) is 0 Å². The Labute approximate surface area is 180 Å². The molecule has 6 nitrogen and oxygen atoms in total. The molecule has 27 heavy (non-hydrogen) atoms. The van der Waals surface area contributed by atoms with E-state index < -0.39 is 0 Å². The van der Waals surface area contributed by atoms with E-state index >= 15 is 0 Å². The fraction of sp³-hybridized carbons (Fsp3) is 0.650. The topological polar surface area (TPSA) is 66.1 Å². The highest BCUT2D eigenvalue weighted by Crippen LogP contribution is 2.17. The molecule has 0 spiro atoms. The van der Waals surface area contributed by atoms with Gasteiger partial charge in [-0.15, -0.1) is 24.0 Å². The quantitative estimate of drug-likeness (QED) is 0.267. The lowest BCUT2D eigenvalue weighted by Gasteiger charge is -2.36. The van der Waals surface area contributed by atoms with E-state index in [1.807, 2.05) is 0 Å². The molecular weight excluding hydrogens is 453 g/mol. The van der Waals surface area contributed by atoms with Gasteiger partial charge in [-0.1, -0.05) is 12.1 Å². The van der Waals surface area contributed by atoms with Gasteiger partial charge < -0.3 is 20.7 Å². The molecule has 1 aromatic rings. The van der Waals surface area contributed by atoms with Crippen molar-refractivity contribution >= 4 is 35.6 Å². The second kappa shape index (κ2) is 11.7. The van der Waals surface area contributed by atoms with Crippen molar-refractivity contribution in [3.63, 3.8) is 0 Å². The Morgan fingerprint density at radius 3 is 2.81 bits per heavy atom. The maximum atomic E-state index is 5.93. The maximum absolute atomic E-state index is 5.93. The molecule has 2 fully saturated rings. The van der Waals surface area contributed by atoms with E-state index in [4.69, 9.17) is 10.5 Å². The predicted molar refractivity (Wildman–Crippen MR) is 123 cm³/mol. The van der Waals surface area contributed by atoms with Crippen molar-refractivity contribution < 1.29 is 4.74 Å². The van der Waals surface area contributed by atoms with Gasteiger partial charge in [0.15, 0.2) is 5.96 Å². The smallest absolute Gasteiger partial charge is 0.188 e. The first-order valence-electron chi connectivity index (χ1n) is 9.90. The minimum absolute atomic E-state index is 0. The van der Waals surface area contributed by atoms with Gasteiger partial charge >= 0.3 is 0 Å². The van der Waals surface area contributed by atoms with Crippen LogP contribution in [0.1, 0.15) is 24.8 Å². The first-order valence-corrected chi connectivity index (χ1v) is 9.90. The summed E-state index contributed by atoms with van der Waals surface area (Å²) in [5.74, 6) is 0.546. The van der Waals surface area contributed by atoms with Crippen LogP contribution in [0.3, 0.4) is 0 Å². The number of rotatable bonds is 7. The third-order valence-corrected chi connectivity index (χ3v) is 5.19. The van der Waals surface area contributed by atoms with E-state index in [0.717, 1.165) is 65.1 Å². The number of hydrogen-bond donors (Lipinski definition) is 2. The highest BCUT2D eigenvalue weighted by molar-refractivity contribution is 14.0. The number of nitrogens with one attached hydrogen (secondary N) is 1. The van der Waals surface area contributed by atoms with Crippen molar-refractivity contribution in [3.8, 4) is 0 Å². The zero-order chi connectivity index (χ0) is 18.2. The van der Waals surface area contributed by atoms with Crippen molar-refractivity contribution in [2.45, 2.75) is 32.3 Å². The average Bonchev–Trinajstić information content (AvgIpc) is 3.18. The number of nitrogens with two attached hydrogens (primary N) is 1. The SMILES string of the molecule is Cc1cccc(N2CCN(CCCNC(N)=NCC3CCCO3)CC2)c1.I. The molecule has 3 N–H and O–H groups in total. The van der Waals surface area contributed by atoms with Gasteiger partial charge in [0.2, 0.25) is 0 Å². The van der Waals surface area contributed by atoms with Crippen molar-refractivity contribution in [2.24, 2.45) is 10.7 Å². The van der Waals surface area contributed by atoms with Gasteiger partial charge in [0.05, 0.1) is 12.6 Å². The predicted octanol–water partition coefficient (Wildman–Crippen LogP) is 2.21. The van der Waals surface area contributed by atoms with Gasteiger partial charge in [-0.25, -0.2) is 0 Å². The molecule has 7 heteroatoms. The summed E-state index contributed by atoms with van der Waals surface area (Å²) in [6, 6.07) is 8.79. The molecule has 152 valence electrons. The number of aryl methyl sites for hydroxylation is 1. The molecule has 1 atom stereocenters. The number of anilines is 1. The standard InChI is InChI=1S/C20H33N5O.HI/c1-17-5-2-6-18(15-17)25-12-10-24(11-13-25)9-4-8-22-20(21)23-16-19-7-3-14-26-19;/h2,5-6,15,19H,3-4,7-14,16H2,1H3,(H3,21,22,23);1H. The van der Waals surface area contributed by atoms with Crippen LogP contribution in [-0.2, 0) is 4.74 Å². The van der Waals surface area contributed by atoms with Crippen LogP contribution < -0.4 is 16.0 Å². The minimum Gasteiger partial charge on any atom is -0.376 e. The highest BCUT2D eigenvalue weighted by Gasteiger charge is 2.17. The Morgan fingerprint density at radius 1 is 1.30 bits per heavy atom. The summed E-state index contributed by atoms with van der Waals surface area (Å²) in [6.07, 6.45) is 3.59. The molecule has 2 aliphatic rings. The van der Waals surface area contributed by atoms with E-state index in [1.54, 1.807) is 0 Å². The van der Waals surface area contributed by atoms with Crippen LogP contribution >= 0.6 is 24.0 Å². The third-order valence-electron chi connectivity index (χ3n) is 5.19. The molecule has 0 radical (unpaired) electrons. The largest absolute Gasteiger partial charge is 0.376 e. The monoisotopic (exact) mass is 487 g/mol. The van der Waals surface area contributed by atoms with E-state index in [2.05, 4.69) is 51.3 Å². The van der Waals surface area contributed by atoms with Gasteiger partial charge in [0.25, 0.3) is 0 Å². The van der Waals surface area contributed by atoms with Crippen molar-refractivity contribution in [2.75, 3.05) is 57.3 Å². The fourth-order valence-corrected chi connectivity index (χ4v) is 3.62. The first-order chi connectivity index (χ1) is 12.7. The van der Waals surface area contributed by atoms with Gasteiger partial charge in [-0.3, -0.25) is 9.89 Å². The van der Waals surface area contributed by atoms with Crippen molar-refractivity contribution in [1.29, 1.82) is 0 Å². The van der Waals surface area contributed by atoms with E-state index in [1.165, 1.54) is 11.3 Å². The first kappa shape index (κ1) is 22.2. The lowest BCUT2D eigenvalue weighted by Crippen LogP contribution is -2.47. The number of benzene rings is 1. The number of piperazine rings is 1. The number of halogens is 1. The highest BCUT2D eigenvalue weighted by atomic mass is 127. The summed E-state index contributed by atoms with van der Waals surface area (Å²) in [7, 11) is 0. The fourth-order valence-electron chi connectivity index (χ4n) is 3.62. The van der Waals surface area contributed by atoms with E-state index in [9.17, 15) is 0 Å². The summed E-state index contributed by atoms with van der Waals surface area (Å²) < 4.78 is 5.55. The summed E-state index contributed by atoms with van der Waals surface area (Å²) >= 11 is 0. The summed E-state index contributed by atoms with van der Waals surface area (Å²) in [5.41, 5.74) is 8.61. The normalized spacial score (nSPS) is 21.1. The molecule has 0 aliphatic carbocycles. The second-order valence-corrected chi connectivity index (χ2v) is 7.31. The van der Waals surface area contributed by atoms with Crippen molar-refractivity contribution in [1.82, 2.24) is 10.2 Å². The van der Waals surface area contributed by atoms with Crippen molar-refractivity contribution in [3.05, 3.63) is 29.8 Å². The third kappa shape index (κ3) is 7.46. The maximum Gasteiger partial charge on any atom is 0.188 e. The van der Waals surface area contributed by atoms with Crippen LogP contribution in [0.4, 0.5) is 5.69 Å². The Balaban J connectivity index is 0.00000261. The van der Waals surface area contributed by atoms with E-state index in [-0.39, 0.29) is 30.1 Å². The zero-order valence-corrected chi connectivity index (χ0v) is 18.7. The van der Waals surface area contributed by atoms with Crippen LogP contribution in [-0.4, -0.2) is 69.4 Å². The van der Waals surface area contributed by atoms with Crippen LogP contribution in [0.2, 0.25) is 0 Å². The molecule has 2 aliphatic heterocycles. The molecule has 0 aromatic heterocycles. The second-order valence-electron chi connectivity index (χ2n) is 7.31. The van der Waals surface area contributed by atoms with Gasteiger partial charge in [-0.05, 0) is 50.4 Å². The Bertz CT molecular complexity index is 583. The lowest BCUT2D eigenvalue weighted by atomic mass is 10.2. The minimum atomic E-state index is 0. The number of guanidine groups is 1. The zero-order valence-electron chi connectivity index (χ0n) is 16.4. The number of aliphatic imine (C=N–C) groups is 1. The Kier molecular flexibility index (Phi) is 9.64. The van der Waals surface area contributed by atoms with Crippen LogP contribution in [0.25, 0.3) is 0 Å². The summed E-state index contributed by atoms with van der Waals surface area (Å²) in [4.78, 5) is 9.40. The Morgan fingerprint density at radius 2 is 2.11 bits per heavy atom. The lowest BCUT2D eigenvalue weighted by molar-refractivity contribution is 0.118. The molecule has 0 saturated carbocycles. The number of hydrogen-bond acceptors (Lipinski definition) is 4. The molecule has 2 heterocycles. The molecule has 2 saturated heterocycles. The molecule has 0 amide bonds. The number of ether oxygens (including phenoxy) is 1. The van der Waals surface area contributed by atoms with Crippen LogP contribution in [0, 0.1) is 6.92 Å². The molecular formula is C20H34IN5O. The number of nitrogens with zero attached hydrogens (tertiary/aromatic N) is 3. The van der Waals surface area contributed by atoms with Crippen LogP contribution in [0.5, 0.6) is 0 Å². The molecule has 3 rings (SSSR count). The molecule has 1 aromatic carbocycles.